The molecule has 0 radical (unpaired) electrons. The van der Waals surface area contributed by atoms with Crippen LogP contribution in [-0.2, 0) is 25.8 Å². The van der Waals surface area contributed by atoms with E-state index in [2.05, 4.69) is 21.6 Å². The van der Waals surface area contributed by atoms with Gasteiger partial charge in [-0.3, -0.25) is 4.79 Å². The van der Waals surface area contributed by atoms with E-state index in [0.29, 0.717) is 0 Å². The van der Waals surface area contributed by atoms with Crippen molar-refractivity contribution in [2.24, 2.45) is 0 Å². The Morgan fingerprint density at radius 1 is 1.21 bits per heavy atom. The average Bonchev–Trinajstić information content (AvgIpc) is 2.61. The molecule has 0 spiro atoms. The molecule has 6 heteroatoms. The summed E-state index contributed by atoms with van der Waals surface area (Å²) in [7, 11) is 1.69. The molecule has 2 N–H and O–H groups in total. The zero-order valence-corrected chi connectivity index (χ0v) is 14.7. The molecule has 0 unspecified atom stereocenters. The molecule has 5 nitrogen and oxygen atoms in total. The summed E-state index contributed by atoms with van der Waals surface area (Å²) in [6.45, 7) is 1.58. The van der Waals surface area contributed by atoms with Gasteiger partial charge < -0.3 is 10.1 Å². The molecule has 2 aromatic rings. The molecule has 0 amide bonds. The van der Waals surface area contributed by atoms with Crippen LogP contribution in [0.4, 0.5) is 0 Å². The Morgan fingerprint density at radius 3 is 2.75 bits per heavy atom. The predicted octanol–water partition coefficient (Wildman–Crippen LogP) is 2.41. The van der Waals surface area contributed by atoms with Gasteiger partial charge in [-0.15, -0.1) is 12.4 Å². The van der Waals surface area contributed by atoms with Crippen LogP contribution in [0.1, 0.15) is 35.2 Å². The van der Waals surface area contributed by atoms with Crippen molar-refractivity contribution in [1.82, 2.24) is 15.5 Å². The second-order valence-corrected chi connectivity index (χ2v) is 5.90. The molecule has 1 heterocycles. The van der Waals surface area contributed by atoms with E-state index in [-0.39, 0.29) is 18.0 Å². The summed E-state index contributed by atoms with van der Waals surface area (Å²) in [4.78, 5) is 11.9. The number of aromatic amines is 1. The molecule has 0 bridgehead atoms. The average molecular weight is 350 g/mol. The number of benzene rings is 1. The zero-order chi connectivity index (χ0) is 16.1. The molecular formula is C18H24ClN3O2. The van der Waals surface area contributed by atoms with Crippen molar-refractivity contribution in [3.8, 4) is 5.75 Å². The number of ether oxygens (including phenoxy) is 1. The first-order valence-electron chi connectivity index (χ1n) is 8.21. The van der Waals surface area contributed by atoms with Crippen LogP contribution in [0.3, 0.4) is 0 Å². The van der Waals surface area contributed by atoms with Gasteiger partial charge in [0.1, 0.15) is 5.75 Å². The molecule has 130 valence electrons. The van der Waals surface area contributed by atoms with Crippen molar-refractivity contribution >= 4 is 12.4 Å². The number of fused-ring (bicyclic) bond motifs is 1. The topological polar surface area (TPSA) is 67.0 Å². The molecular weight excluding hydrogens is 326 g/mol. The van der Waals surface area contributed by atoms with Crippen LogP contribution in [-0.4, -0.2) is 23.9 Å². The molecule has 1 aliphatic carbocycles. The Balaban J connectivity index is 0.00000208. The molecule has 0 fully saturated rings. The van der Waals surface area contributed by atoms with Crippen LogP contribution in [0.25, 0.3) is 0 Å². The Bertz CT molecular complexity index is 730. The van der Waals surface area contributed by atoms with Gasteiger partial charge >= 0.3 is 0 Å². The molecule has 1 aliphatic rings. The van der Waals surface area contributed by atoms with Crippen LogP contribution in [0.5, 0.6) is 5.75 Å². The maximum Gasteiger partial charge on any atom is 0.267 e. The van der Waals surface area contributed by atoms with E-state index in [1.165, 1.54) is 5.56 Å². The number of hydrogen-bond acceptors (Lipinski definition) is 4. The second kappa shape index (κ2) is 8.85. The minimum atomic E-state index is -0.00886. The highest BCUT2D eigenvalue weighted by Gasteiger charge is 2.17. The Kier molecular flexibility index (Phi) is 6.82. The largest absolute Gasteiger partial charge is 0.496 e. The number of H-pyrrole nitrogens is 1. The number of para-hydroxylation sites is 1. The smallest absolute Gasteiger partial charge is 0.267 e. The van der Waals surface area contributed by atoms with Crippen molar-refractivity contribution in [2.75, 3.05) is 13.7 Å². The van der Waals surface area contributed by atoms with Gasteiger partial charge in [-0.05, 0) is 37.3 Å². The molecule has 0 saturated heterocycles. The van der Waals surface area contributed by atoms with Crippen molar-refractivity contribution < 1.29 is 4.74 Å². The van der Waals surface area contributed by atoms with E-state index in [9.17, 15) is 4.79 Å². The Labute approximate surface area is 148 Å². The lowest BCUT2D eigenvalue weighted by Gasteiger charge is -2.17. The fourth-order valence-electron chi connectivity index (χ4n) is 3.21. The monoisotopic (exact) mass is 349 g/mol. The molecule has 0 atom stereocenters. The maximum absolute atomic E-state index is 11.9. The highest BCUT2D eigenvalue weighted by Crippen LogP contribution is 2.20. The quantitative estimate of drug-likeness (QED) is 0.786. The van der Waals surface area contributed by atoms with Gasteiger partial charge in [-0.1, -0.05) is 18.2 Å². The predicted molar refractivity (Wildman–Crippen MR) is 97.2 cm³/mol. The fraction of sp³-hybridized carbons (Fsp3) is 0.444. The third kappa shape index (κ3) is 4.16. The van der Waals surface area contributed by atoms with Crippen LogP contribution >= 0.6 is 12.4 Å². The van der Waals surface area contributed by atoms with Gasteiger partial charge in [0.25, 0.3) is 5.56 Å². The van der Waals surface area contributed by atoms with Crippen molar-refractivity contribution in [3.63, 3.8) is 0 Å². The molecule has 3 rings (SSSR count). The molecule has 1 aromatic heterocycles. The summed E-state index contributed by atoms with van der Waals surface area (Å²) < 4.78 is 5.36. The third-order valence-electron chi connectivity index (χ3n) is 4.43. The summed E-state index contributed by atoms with van der Waals surface area (Å²) in [5.74, 6) is 0.902. The molecule has 0 aliphatic heterocycles. The van der Waals surface area contributed by atoms with Crippen LogP contribution in [0, 0.1) is 0 Å². The van der Waals surface area contributed by atoms with Crippen molar-refractivity contribution in [1.29, 1.82) is 0 Å². The van der Waals surface area contributed by atoms with Gasteiger partial charge in [0.2, 0.25) is 0 Å². The van der Waals surface area contributed by atoms with E-state index in [1.807, 2.05) is 18.2 Å². The maximum atomic E-state index is 11.9. The number of methoxy groups -OCH3 is 1. The SMILES string of the molecule is COc1ccccc1CNCCc1n[nH]c(=O)c2c1CCCC2.Cl. The van der Waals surface area contributed by atoms with E-state index >= 15 is 0 Å². The third-order valence-corrected chi connectivity index (χ3v) is 4.43. The summed E-state index contributed by atoms with van der Waals surface area (Å²) >= 11 is 0. The van der Waals surface area contributed by atoms with Crippen LogP contribution in [0.2, 0.25) is 0 Å². The Hall–Kier alpha value is -1.85. The normalized spacial score (nSPS) is 13.0. The number of nitrogens with zero attached hydrogens (tertiary/aromatic N) is 1. The highest BCUT2D eigenvalue weighted by atomic mass is 35.5. The first-order valence-corrected chi connectivity index (χ1v) is 8.21. The van der Waals surface area contributed by atoms with Gasteiger partial charge in [0.15, 0.2) is 0 Å². The van der Waals surface area contributed by atoms with E-state index in [4.69, 9.17) is 4.74 Å². The number of hydrogen-bond donors (Lipinski definition) is 2. The summed E-state index contributed by atoms with van der Waals surface area (Å²) in [5.41, 5.74) is 4.30. The first-order chi connectivity index (χ1) is 11.3. The lowest BCUT2D eigenvalue weighted by molar-refractivity contribution is 0.407. The lowest BCUT2D eigenvalue weighted by atomic mass is 9.91. The second-order valence-electron chi connectivity index (χ2n) is 5.90. The number of aromatic nitrogens is 2. The molecule has 24 heavy (non-hydrogen) atoms. The number of halogens is 1. The first kappa shape index (κ1) is 18.5. The zero-order valence-electron chi connectivity index (χ0n) is 13.9. The molecule has 0 saturated carbocycles. The van der Waals surface area contributed by atoms with Gasteiger partial charge in [0.05, 0.1) is 12.8 Å². The summed E-state index contributed by atoms with van der Waals surface area (Å²) in [6, 6.07) is 8.01. The molecule has 1 aromatic carbocycles. The fourth-order valence-corrected chi connectivity index (χ4v) is 3.21. The van der Waals surface area contributed by atoms with Crippen molar-refractivity contribution in [3.05, 3.63) is 57.0 Å². The lowest BCUT2D eigenvalue weighted by Crippen LogP contribution is -2.25. The van der Waals surface area contributed by atoms with Crippen molar-refractivity contribution in [2.45, 2.75) is 38.6 Å². The van der Waals surface area contributed by atoms with Gasteiger partial charge in [-0.2, -0.15) is 5.10 Å². The van der Waals surface area contributed by atoms with Gasteiger partial charge in [0, 0.05) is 30.6 Å². The van der Waals surface area contributed by atoms with Crippen LogP contribution < -0.4 is 15.6 Å². The summed E-state index contributed by atoms with van der Waals surface area (Å²) in [6.07, 6.45) is 4.95. The Morgan fingerprint density at radius 2 is 1.96 bits per heavy atom. The van der Waals surface area contributed by atoms with E-state index in [0.717, 1.165) is 67.8 Å². The van der Waals surface area contributed by atoms with Gasteiger partial charge in [-0.25, -0.2) is 5.10 Å². The minimum Gasteiger partial charge on any atom is -0.496 e. The van der Waals surface area contributed by atoms with E-state index in [1.54, 1.807) is 7.11 Å². The highest BCUT2D eigenvalue weighted by molar-refractivity contribution is 5.85. The summed E-state index contributed by atoms with van der Waals surface area (Å²) in [5, 5.41) is 10.4. The standard InChI is InChI=1S/C18H23N3O2.ClH/c1-23-17-9-5-2-6-13(17)12-19-11-10-16-14-7-3-4-8-15(14)18(22)21-20-16;/h2,5-6,9,19H,3-4,7-8,10-12H2,1H3,(H,21,22);1H. The minimum absolute atomic E-state index is 0. The number of nitrogens with one attached hydrogen (secondary N) is 2. The number of rotatable bonds is 6. The van der Waals surface area contributed by atoms with Crippen LogP contribution in [0.15, 0.2) is 29.1 Å². The van der Waals surface area contributed by atoms with E-state index < -0.39 is 0 Å².